The highest BCUT2D eigenvalue weighted by Crippen LogP contribution is 2.10. The van der Waals surface area contributed by atoms with Gasteiger partial charge < -0.3 is 30.3 Å². The predicted molar refractivity (Wildman–Crippen MR) is 101 cm³/mol. The molecule has 0 fully saturated rings. The van der Waals surface area contributed by atoms with Crippen LogP contribution in [0.5, 0.6) is 0 Å². The van der Waals surface area contributed by atoms with E-state index in [0.717, 1.165) is 5.56 Å². The summed E-state index contributed by atoms with van der Waals surface area (Å²) in [5.74, 6) is -3.66. The largest absolute Gasteiger partial charge is 0.480 e. The lowest BCUT2D eigenvalue weighted by molar-refractivity contribution is -0.147. The van der Waals surface area contributed by atoms with Gasteiger partial charge in [0.2, 0.25) is 5.91 Å². The summed E-state index contributed by atoms with van der Waals surface area (Å²) in [6.45, 7) is 2.42. The highest BCUT2D eigenvalue weighted by atomic mass is 16.5. The molecule has 1 aromatic carbocycles. The number of carbonyl (C=O) groups is 4. The van der Waals surface area contributed by atoms with Crippen LogP contribution in [0.1, 0.15) is 25.8 Å². The van der Waals surface area contributed by atoms with Crippen LogP contribution in [0.25, 0.3) is 0 Å². The fraction of sp³-hybridized carbons (Fsp3) is 0.474. The number of carboxylic acids is 1. The van der Waals surface area contributed by atoms with Crippen LogP contribution in [-0.2, 0) is 30.5 Å². The number of carbonyl (C=O) groups excluding carboxylic acids is 3. The first kappa shape index (κ1) is 23.9. The van der Waals surface area contributed by atoms with E-state index in [1.807, 2.05) is 0 Å². The second kappa shape index (κ2) is 12.3. The minimum Gasteiger partial charge on any atom is -0.480 e. The van der Waals surface area contributed by atoms with Gasteiger partial charge in [0.05, 0.1) is 19.6 Å². The molecular weight excluding hydrogens is 384 g/mol. The van der Waals surface area contributed by atoms with Gasteiger partial charge in [-0.2, -0.15) is 0 Å². The SMILES string of the molecule is CCOC(=O)C[C@H](C)[C@@H](NC(=O)[C@H](CO)NC(=O)OCc1ccccc1)C(=O)O. The number of hydrogen-bond acceptors (Lipinski definition) is 7. The van der Waals surface area contributed by atoms with Crippen LogP contribution in [0.15, 0.2) is 30.3 Å². The molecule has 3 atom stereocenters. The maximum Gasteiger partial charge on any atom is 0.408 e. The number of esters is 1. The molecule has 0 spiro atoms. The number of alkyl carbamates (subject to hydrolysis) is 1. The Hall–Kier alpha value is -3.14. The van der Waals surface area contributed by atoms with Crippen LogP contribution in [0, 0.1) is 5.92 Å². The standard InChI is InChI=1S/C19H26N2O8/c1-3-28-15(23)9-12(2)16(18(25)26)21-17(24)14(10-22)20-19(27)29-11-13-7-5-4-6-8-13/h4-8,12,14,16,22H,3,9-11H2,1-2H3,(H,20,27)(H,21,24)(H,25,26)/t12-,14-,16+/m0/s1. The second-order valence-electron chi connectivity index (χ2n) is 6.25. The monoisotopic (exact) mass is 410 g/mol. The summed E-state index contributed by atoms with van der Waals surface area (Å²) in [7, 11) is 0. The number of benzene rings is 1. The van der Waals surface area contributed by atoms with Gasteiger partial charge in [0.15, 0.2) is 0 Å². The van der Waals surface area contributed by atoms with Crippen LogP contribution in [-0.4, -0.2) is 59.4 Å². The highest BCUT2D eigenvalue weighted by molar-refractivity contribution is 5.89. The van der Waals surface area contributed by atoms with Gasteiger partial charge in [-0.15, -0.1) is 0 Å². The van der Waals surface area contributed by atoms with Gasteiger partial charge in [-0.05, 0) is 18.4 Å². The van der Waals surface area contributed by atoms with Crippen molar-refractivity contribution in [3.05, 3.63) is 35.9 Å². The van der Waals surface area contributed by atoms with Crippen molar-refractivity contribution in [1.29, 1.82) is 0 Å². The molecule has 29 heavy (non-hydrogen) atoms. The fourth-order valence-electron chi connectivity index (χ4n) is 2.40. The van der Waals surface area contributed by atoms with Crippen LogP contribution >= 0.6 is 0 Å². The Bertz CT molecular complexity index is 695. The normalized spacial score (nSPS) is 13.5. The highest BCUT2D eigenvalue weighted by Gasteiger charge is 2.31. The molecule has 0 saturated carbocycles. The van der Waals surface area contributed by atoms with Crippen molar-refractivity contribution in [1.82, 2.24) is 10.6 Å². The van der Waals surface area contributed by atoms with Crippen molar-refractivity contribution < 1.29 is 38.9 Å². The number of ether oxygens (including phenoxy) is 2. The Morgan fingerprint density at radius 3 is 2.28 bits per heavy atom. The Labute approximate surface area is 168 Å². The molecule has 10 heteroatoms. The van der Waals surface area contributed by atoms with Crippen molar-refractivity contribution in [2.24, 2.45) is 5.92 Å². The number of aliphatic hydroxyl groups is 1. The topological polar surface area (TPSA) is 151 Å². The zero-order chi connectivity index (χ0) is 21.8. The summed E-state index contributed by atoms with van der Waals surface area (Å²) in [5, 5.41) is 23.1. The molecule has 0 radical (unpaired) electrons. The van der Waals surface area contributed by atoms with E-state index in [4.69, 9.17) is 9.47 Å². The lowest BCUT2D eigenvalue weighted by atomic mass is 9.98. The van der Waals surface area contributed by atoms with Crippen LogP contribution < -0.4 is 10.6 Å². The smallest absolute Gasteiger partial charge is 0.408 e. The van der Waals surface area contributed by atoms with Gasteiger partial charge >= 0.3 is 18.0 Å². The van der Waals surface area contributed by atoms with E-state index in [1.54, 1.807) is 37.3 Å². The molecule has 2 amide bonds. The molecule has 0 aliphatic carbocycles. The molecule has 1 rings (SSSR count). The van der Waals surface area contributed by atoms with Crippen LogP contribution in [0.3, 0.4) is 0 Å². The van der Waals surface area contributed by atoms with Gasteiger partial charge in [-0.1, -0.05) is 37.3 Å². The number of aliphatic hydroxyl groups excluding tert-OH is 1. The lowest BCUT2D eigenvalue weighted by Crippen LogP contribution is -2.55. The lowest BCUT2D eigenvalue weighted by Gasteiger charge is -2.23. The number of hydrogen-bond donors (Lipinski definition) is 4. The number of nitrogens with one attached hydrogen (secondary N) is 2. The van der Waals surface area contributed by atoms with Gasteiger partial charge in [-0.25, -0.2) is 9.59 Å². The second-order valence-corrected chi connectivity index (χ2v) is 6.25. The molecule has 0 aliphatic rings. The Kier molecular flexibility index (Phi) is 10.2. The minimum atomic E-state index is -1.42. The summed E-state index contributed by atoms with van der Waals surface area (Å²) in [6.07, 6.45) is -1.17. The summed E-state index contributed by atoms with van der Waals surface area (Å²) in [4.78, 5) is 47.2. The molecule has 0 bridgehead atoms. The maximum atomic E-state index is 12.3. The molecule has 1 aromatic rings. The summed E-state index contributed by atoms with van der Waals surface area (Å²) in [6, 6.07) is 5.99. The Morgan fingerprint density at radius 2 is 1.72 bits per heavy atom. The maximum absolute atomic E-state index is 12.3. The minimum absolute atomic E-state index is 0.0409. The molecule has 0 saturated heterocycles. The van der Waals surface area contributed by atoms with E-state index in [9.17, 15) is 29.4 Å². The average Bonchev–Trinajstić information content (AvgIpc) is 2.69. The zero-order valence-electron chi connectivity index (χ0n) is 16.3. The third kappa shape index (κ3) is 8.60. The third-order valence-electron chi connectivity index (χ3n) is 3.93. The average molecular weight is 410 g/mol. The number of aliphatic carboxylic acids is 1. The van der Waals surface area contributed by atoms with E-state index < -0.39 is 48.5 Å². The molecule has 0 heterocycles. The summed E-state index contributed by atoms with van der Waals surface area (Å²) >= 11 is 0. The molecule has 0 aromatic heterocycles. The van der Waals surface area contributed by atoms with Crippen LogP contribution in [0.4, 0.5) is 4.79 Å². The van der Waals surface area contributed by atoms with E-state index in [2.05, 4.69) is 10.6 Å². The number of rotatable bonds is 11. The number of amides is 2. The van der Waals surface area contributed by atoms with E-state index >= 15 is 0 Å². The van der Waals surface area contributed by atoms with E-state index in [0.29, 0.717) is 0 Å². The van der Waals surface area contributed by atoms with Gasteiger partial charge in [0.1, 0.15) is 18.7 Å². The van der Waals surface area contributed by atoms with Crippen molar-refractivity contribution in [3.63, 3.8) is 0 Å². The van der Waals surface area contributed by atoms with E-state index in [-0.39, 0.29) is 19.6 Å². The Morgan fingerprint density at radius 1 is 1.07 bits per heavy atom. The van der Waals surface area contributed by atoms with Gasteiger partial charge in [0, 0.05) is 0 Å². The van der Waals surface area contributed by atoms with Crippen LogP contribution in [0.2, 0.25) is 0 Å². The van der Waals surface area contributed by atoms with Crippen molar-refractivity contribution >= 4 is 23.9 Å². The van der Waals surface area contributed by atoms with E-state index in [1.165, 1.54) is 6.92 Å². The first-order valence-corrected chi connectivity index (χ1v) is 9.05. The molecule has 0 unspecified atom stereocenters. The zero-order valence-corrected chi connectivity index (χ0v) is 16.3. The molecule has 4 N–H and O–H groups in total. The molecule has 160 valence electrons. The molecule has 0 aliphatic heterocycles. The predicted octanol–water partition coefficient (Wildman–Crippen LogP) is 0.432. The first-order valence-electron chi connectivity index (χ1n) is 9.05. The summed E-state index contributed by atoms with van der Waals surface area (Å²) in [5.41, 5.74) is 0.728. The first-order chi connectivity index (χ1) is 13.8. The van der Waals surface area contributed by atoms with Crippen molar-refractivity contribution in [3.8, 4) is 0 Å². The third-order valence-corrected chi connectivity index (χ3v) is 3.93. The number of carboxylic acid groups (broad SMARTS) is 1. The van der Waals surface area contributed by atoms with Crippen molar-refractivity contribution in [2.45, 2.75) is 39.0 Å². The van der Waals surface area contributed by atoms with Gasteiger partial charge in [0.25, 0.3) is 0 Å². The summed E-state index contributed by atoms with van der Waals surface area (Å²) < 4.78 is 9.75. The van der Waals surface area contributed by atoms with Crippen molar-refractivity contribution in [2.75, 3.05) is 13.2 Å². The molecular formula is C19H26N2O8. The quantitative estimate of drug-likeness (QED) is 0.384. The Balaban J connectivity index is 2.62. The fourth-order valence-corrected chi connectivity index (χ4v) is 2.40. The van der Waals surface area contributed by atoms with Gasteiger partial charge in [-0.3, -0.25) is 9.59 Å². The molecule has 10 nitrogen and oxygen atoms in total.